The van der Waals surface area contributed by atoms with Gasteiger partial charge < -0.3 is 10.1 Å². The van der Waals surface area contributed by atoms with Crippen molar-refractivity contribution in [1.29, 1.82) is 0 Å². The van der Waals surface area contributed by atoms with Crippen LogP contribution in [0.15, 0.2) is 59.9 Å². The van der Waals surface area contributed by atoms with Gasteiger partial charge in [-0.15, -0.1) is 0 Å². The third kappa shape index (κ3) is 5.44. The van der Waals surface area contributed by atoms with Gasteiger partial charge in [-0.25, -0.2) is 13.6 Å². The molecule has 1 aromatic carbocycles. The van der Waals surface area contributed by atoms with E-state index in [1.807, 2.05) is 19.1 Å². The van der Waals surface area contributed by atoms with Crippen molar-refractivity contribution in [2.75, 3.05) is 5.32 Å². The third-order valence-electron chi connectivity index (χ3n) is 4.57. The molecule has 0 spiro atoms. The smallest absolute Gasteiger partial charge is 0.259 e. The summed E-state index contributed by atoms with van der Waals surface area (Å²) in [5.41, 5.74) is 1.97. The van der Waals surface area contributed by atoms with Crippen LogP contribution >= 0.6 is 0 Å². The third-order valence-corrected chi connectivity index (χ3v) is 5.45. The number of hydrogen-bond acceptors (Lipinski definition) is 6. The Morgan fingerprint density at radius 3 is 2.48 bits per heavy atom. The Bertz CT molecular complexity index is 1230. The number of nitrogens with zero attached hydrogens (tertiary/aromatic N) is 2. The maximum absolute atomic E-state index is 13.0. The van der Waals surface area contributed by atoms with Crippen molar-refractivity contribution in [3.8, 4) is 11.5 Å². The fraction of sp³-hybridized carbons (Fsp3) is 0.227. The minimum atomic E-state index is -3.95. The van der Waals surface area contributed by atoms with Crippen LogP contribution in [0.5, 0.6) is 11.5 Å². The number of nitrogens with two attached hydrogens (primary N) is 1. The van der Waals surface area contributed by atoms with E-state index in [0.717, 1.165) is 11.8 Å². The Morgan fingerprint density at radius 2 is 1.84 bits per heavy atom. The first-order chi connectivity index (χ1) is 14.4. The molecule has 0 fully saturated rings. The summed E-state index contributed by atoms with van der Waals surface area (Å²) in [6.45, 7) is 8.00. The van der Waals surface area contributed by atoms with Crippen LogP contribution in [-0.4, -0.2) is 24.3 Å². The van der Waals surface area contributed by atoms with E-state index in [9.17, 15) is 13.2 Å². The summed E-state index contributed by atoms with van der Waals surface area (Å²) in [7, 11) is -3.95. The fourth-order valence-corrected chi connectivity index (χ4v) is 3.30. The van der Waals surface area contributed by atoms with Gasteiger partial charge in [0.25, 0.3) is 5.91 Å². The summed E-state index contributed by atoms with van der Waals surface area (Å²) in [6, 6.07) is 10.1. The van der Waals surface area contributed by atoms with Crippen LogP contribution in [0.1, 0.15) is 42.4 Å². The van der Waals surface area contributed by atoms with Crippen LogP contribution in [0, 0.1) is 6.92 Å². The van der Waals surface area contributed by atoms with Crippen LogP contribution in [0.3, 0.4) is 0 Å². The average Bonchev–Trinajstić information content (AvgIpc) is 2.68. The van der Waals surface area contributed by atoms with Gasteiger partial charge in [0.1, 0.15) is 16.4 Å². The molecule has 3 aromatic rings. The van der Waals surface area contributed by atoms with Gasteiger partial charge in [-0.3, -0.25) is 14.8 Å². The number of aromatic nitrogens is 2. The number of amides is 1. The zero-order valence-corrected chi connectivity index (χ0v) is 18.5. The minimum Gasteiger partial charge on any atom is -0.455 e. The van der Waals surface area contributed by atoms with Crippen LogP contribution < -0.4 is 15.2 Å². The van der Waals surface area contributed by atoms with E-state index in [1.54, 1.807) is 24.4 Å². The van der Waals surface area contributed by atoms with Crippen molar-refractivity contribution in [2.45, 2.75) is 38.0 Å². The van der Waals surface area contributed by atoms with E-state index >= 15 is 0 Å². The molecule has 0 saturated carbocycles. The number of benzene rings is 1. The molecule has 0 unspecified atom stereocenters. The number of anilines is 1. The van der Waals surface area contributed by atoms with Crippen molar-refractivity contribution >= 4 is 21.6 Å². The Morgan fingerprint density at radius 1 is 1.10 bits per heavy atom. The zero-order chi connectivity index (χ0) is 22.8. The van der Waals surface area contributed by atoms with Gasteiger partial charge in [0.2, 0.25) is 10.0 Å². The first-order valence-corrected chi connectivity index (χ1v) is 11.0. The first-order valence-electron chi connectivity index (χ1n) is 9.48. The van der Waals surface area contributed by atoms with Crippen molar-refractivity contribution in [3.63, 3.8) is 0 Å². The zero-order valence-electron chi connectivity index (χ0n) is 17.7. The van der Waals surface area contributed by atoms with Gasteiger partial charge in [-0.1, -0.05) is 26.8 Å². The van der Waals surface area contributed by atoms with Crippen molar-refractivity contribution in [2.24, 2.45) is 5.14 Å². The van der Waals surface area contributed by atoms with Crippen molar-refractivity contribution in [3.05, 3.63) is 71.8 Å². The first kappa shape index (κ1) is 22.4. The number of sulfonamides is 1. The van der Waals surface area contributed by atoms with Gasteiger partial charge in [0, 0.05) is 12.4 Å². The molecular formula is C22H24N4O4S. The number of pyridine rings is 2. The normalized spacial score (nSPS) is 11.8. The van der Waals surface area contributed by atoms with E-state index in [0.29, 0.717) is 17.2 Å². The molecule has 1 amide bonds. The maximum Gasteiger partial charge on any atom is 0.259 e. The molecule has 162 valence electrons. The lowest BCUT2D eigenvalue weighted by Crippen LogP contribution is -2.17. The minimum absolute atomic E-state index is 0.162. The second-order valence-corrected chi connectivity index (χ2v) is 9.62. The van der Waals surface area contributed by atoms with Crippen LogP contribution in [-0.2, 0) is 15.4 Å². The number of nitrogens with one attached hydrogen (secondary N) is 1. The number of carbonyl (C=O) groups excluding carboxylic acids is 1. The molecule has 0 atom stereocenters. The summed E-state index contributed by atoms with van der Waals surface area (Å²) in [6.07, 6.45) is 4.11. The molecule has 2 heterocycles. The van der Waals surface area contributed by atoms with Gasteiger partial charge >= 0.3 is 0 Å². The lowest BCUT2D eigenvalue weighted by Gasteiger charge is -2.21. The molecule has 3 rings (SSSR count). The van der Waals surface area contributed by atoms with Gasteiger partial charge in [-0.05, 0) is 48.2 Å². The molecular weight excluding hydrogens is 416 g/mol. The number of primary sulfonamides is 1. The molecule has 0 aliphatic rings. The van der Waals surface area contributed by atoms with E-state index in [2.05, 4.69) is 36.1 Å². The molecule has 31 heavy (non-hydrogen) atoms. The van der Waals surface area contributed by atoms with Gasteiger partial charge in [-0.2, -0.15) is 0 Å². The Labute approximate surface area is 181 Å². The Balaban J connectivity index is 1.99. The summed E-state index contributed by atoms with van der Waals surface area (Å²) in [5, 5.41) is 7.80. The van der Waals surface area contributed by atoms with Crippen molar-refractivity contribution < 1.29 is 17.9 Å². The molecule has 8 nitrogen and oxygen atoms in total. The molecule has 9 heteroatoms. The number of ether oxygens (including phenoxy) is 1. The largest absolute Gasteiger partial charge is 0.455 e. The van der Waals surface area contributed by atoms with Gasteiger partial charge in [0.15, 0.2) is 0 Å². The van der Waals surface area contributed by atoms with E-state index in [1.165, 1.54) is 12.3 Å². The summed E-state index contributed by atoms with van der Waals surface area (Å²) >= 11 is 0. The SMILES string of the molecule is Cc1ncccc1Oc1cc(C(C)(C)C)ccc1C(=O)Nc1cncc(S(N)(=O)=O)c1. The molecule has 0 aliphatic carbocycles. The highest BCUT2D eigenvalue weighted by Gasteiger charge is 2.21. The van der Waals surface area contributed by atoms with Crippen LogP contribution in [0.4, 0.5) is 5.69 Å². The monoisotopic (exact) mass is 440 g/mol. The van der Waals surface area contributed by atoms with Crippen LogP contribution in [0.2, 0.25) is 0 Å². The Kier molecular flexibility index (Phi) is 6.10. The quantitative estimate of drug-likeness (QED) is 0.622. The number of carbonyl (C=O) groups is 1. The lowest BCUT2D eigenvalue weighted by atomic mass is 9.86. The summed E-state index contributed by atoms with van der Waals surface area (Å²) in [5.74, 6) is 0.405. The second kappa shape index (κ2) is 8.44. The fourth-order valence-electron chi connectivity index (χ4n) is 2.80. The number of hydrogen-bond donors (Lipinski definition) is 2. The predicted octanol–water partition coefficient (Wildman–Crippen LogP) is 3.77. The molecule has 3 N–H and O–H groups in total. The second-order valence-electron chi connectivity index (χ2n) is 8.06. The lowest BCUT2D eigenvalue weighted by molar-refractivity contribution is 0.102. The highest BCUT2D eigenvalue weighted by atomic mass is 32.2. The average molecular weight is 441 g/mol. The maximum atomic E-state index is 13.0. The highest BCUT2D eigenvalue weighted by Crippen LogP contribution is 2.33. The highest BCUT2D eigenvalue weighted by molar-refractivity contribution is 7.89. The number of rotatable bonds is 5. The Hall–Kier alpha value is -3.30. The summed E-state index contributed by atoms with van der Waals surface area (Å²) in [4.78, 5) is 20.9. The van der Waals surface area contributed by atoms with E-state index in [-0.39, 0.29) is 21.6 Å². The van der Waals surface area contributed by atoms with E-state index in [4.69, 9.17) is 9.88 Å². The molecule has 0 aliphatic heterocycles. The molecule has 2 aromatic heterocycles. The van der Waals surface area contributed by atoms with Crippen molar-refractivity contribution in [1.82, 2.24) is 9.97 Å². The molecule has 0 radical (unpaired) electrons. The molecule has 0 saturated heterocycles. The summed E-state index contributed by atoms with van der Waals surface area (Å²) < 4.78 is 29.2. The number of aryl methyl sites for hydroxylation is 1. The molecule has 0 bridgehead atoms. The standard InChI is InChI=1S/C22H24N4O4S/c1-14-19(6-5-9-25-14)30-20-10-15(22(2,3)4)7-8-18(20)21(27)26-16-11-17(13-24-12-16)31(23,28)29/h5-13H,1-4H3,(H,26,27)(H2,23,28,29). The predicted molar refractivity (Wildman–Crippen MR) is 118 cm³/mol. The van der Waals surface area contributed by atoms with Gasteiger partial charge in [0.05, 0.1) is 23.1 Å². The van der Waals surface area contributed by atoms with E-state index < -0.39 is 15.9 Å². The topological polar surface area (TPSA) is 124 Å². The van der Waals surface area contributed by atoms with Crippen LogP contribution in [0.25, 0.3) is 0 Å².